The summed E-state index contributed by atoms with van der Waals surface area (Å²) in [4.78, 5) is 14.3. The van der Waals surface area contributed by atoms with Crippen molar-refractivity contribution >= 4 is 28.3 Å². The van der Waals surface area contributed by atoms with Crippen molar-refractivity contribution in [1.82, 2.24) is 30.0 Å². The van der Waals surface area contributed by atoms with Gasteiger partial charge in [0.15, 0.2) is 0 Å². The molecule has 1 fully saturated rings. The summed E-state index contributed by atoms with van der Waals surface area (Å²) in [6, 6.07) is 8.21. The third kappa shape index (κ3) is 5.18. The molecule has 10 heteroatoms. The second-order valence-electron chi connectivity index (χ2n) is 9.25. The topological polar surface area (TPSA) is 73.0 Å². The van der Waals surface area contributed by atoms with E-state index in [-0.39, 0.29) is 10.6 Å². The molecule has 2 N–H and O–H groups in total. The van der Waals surface area contributed by atoms with Gasteiger partial charge in [0.1, 0.15) is 17.3 Å². The minimum atomic E-state index is -0.817. The molecule has 3 aromatic heterocycles. The second kappa shape index (κ2) is 10.5. The lowest BCUT2D eigenvalue weighted by Gasteiger charge is -2.36. The van der Waals surface area contributed by atoms with Crippen molar-refractivity contribution in [2.45, 2.75) is 19.9 Å². The molecule has 0 radical (unpaired) electrons. The Bertz CT molecular complexity index is 1370. The monoisotopic (exact) mass is 511 g/mol. The van der Waals surface area contributed by atoms with Gasteiger partial charge in [0, 0.05) is 68.7 Å². The first-order chi connectivity index (χ1) is 17.4. The highest BCUT2D eigenvalue weighted by atomic mass is 35.5. The van der Waals surface area contributed by atoms with Crippen LogP contribution < -0.4 is 5.32 Å². The maximum atomic E-state index is 14.5. The number of piperazine rings is 1. The highest BCUT2D eigenvalue weighted by Gasteiger charge is 2.19. The van der Waals surface area contributed by atoms with E-state index in [1.54, 1.807) is 18.5 Å². The van der Waals surface area contributed by atoms with Crippen LogP contribution in [0.15, 0.2) is 42.7 Å². The Labute approximate surface area is 213 Å². The summed E-state index contributed by atoms with van der Waals surface area (Å²) < 4.78 is 28.2. The molecule has 0 saturated carbocycles. The van der Waals surface area contributed by atoms with E-state index in [1.807, 2.05) is 12.1 Å². The highest BCUT2D eigenvalue weighted by Crippen LogP contribution is 2.34. The first-order valence-electron chi connectivity index (χ1n) is 12.0. The summed E-state index contributed by atoms with van der Waals surface area (Å²) in [5.41, 5.74) is 3.91. The first-order valence-corrected chi connectivity index (χ1v) is 12.4. The Morgan fingerprint density at radius 2 is 1.83 bits per heavy atom. The minimum absolute atomic E-state index is 0.0994. The first kappa shape index (κ1) is 24.5. The van der Waals surface area contributed by atoms with Gasteiger partial charge in [-0.15, -0.1) is 0 Å². The van der Waals surface area contributed by atoms with Crippen molar-refractivity contribution in [3.05, 3.63) is 59.4 Å². The van der Waals surface area contributed by atoms with Gasteiger partial charge in [0.05, 0.1) is 33.6 Å². The Morgan fingerprint density at radius 1 is 1.03 bits per heavy atom. The largest absolute Gasteiger partial charge is 0.382 e. The molecule has 5 rings (SSSR count). The van der Waals surface area contributed by atoms with Crippen molar-refractivity contribution in [2.24, 2.45) is 0 Å². The van der Waals surface area contributed by atoms with Crippen molar-refractivity contribution in [3.63, 3.8) is 0 Å². The maximum absolute atomic E-state index is 14.5. The van der Waals surface area contributed by atoms with Crippen LogP contribution in [0, 0.1) is 11.6 Å². The molecular formula is C26H28ClF2N7. The van der Waals surface area contributed by atoms with Crippen LogP contribution in [0.25, 0.3) is 33.5 Å². The molecular weight excluding hydrogens is 484 g/mol. The maximum Gasteiger partial charge on any atom is 0.144 e. The van der Waals surface area contributed by atoms with Crippen LogP contribution in [0.3, 0.4) is 0 Å². The predicted octanol–water partition coefficient (Wildman–Crippen LogP) is 5.06. The van der Waals surface area contributed by atoms with Crippen molar-refractivity contribution in [3.8, 4) is 22.5 Å². The van der Waals surface area contributed by atoms with Crippen LogP contribution in [0.5, 0.6) is 0 Å². The van der Waals surface area contributed by atoms with Crippen LogP contribution >= 0.6 is 11.6 Å². The second-order valence-corrected chi connectivity index (χ2v) is 9.66. The molecule has 188 valence electrons. The lowest BCUT2D eigenvalue weighted by Crippen LogP contribution is -2.49. The van der Waals surface area contributed by atoms with Gasteiger partial charge in [-0.2, -0.15) is 5.10 Å². The Hall–Kier alpha value is -3.14. The van der Waals surface area contributed by atoms with E-state index >= 15 is 0 Å². The normalized spacial score (nSPS) is 15.2. The molecule has 0 atom stereocenters. The fraction of sp³-hybridized carbons (Fsp3) is 0.346. The minimum Gasteiger partial charge on any atom is -0.382 e. The lowest BCUT2D eigenvalue weighted by atomic mass is 10.0. The molecule has 0 amide bonds. The van der Waals surface area contributed by atoms with Gasteiger partial charge in [-0.1, -0.05) is 11.6 Å². The van der Waals surface area contributed by atoms with Crippen molar-refractivity contribution in [1.29, 1.82) is 0 Å². The van der Waals surface area contributed by atoms with Crippen LogP contribution in [0.2, 0.25) is 5.02 Å². The molecule has 0 spiro atoms. The van der Waals surface area contributed by atoms with E-state index < -0.39 is 11.6 Å². The third-order valence-corrected chi connectivity index (χ3v) is 6.90. The summed E-state index contributed by atoms with van der Waals surface area (Å²) in [6.07, 6.45) is 3.44. The van der Waals surface area contributed by atoms with E-state index in [0.29, 0.717) is 28.5 Å². The van der Waals surface area contributed by atoms with E-state index in [2.05, 4.69) is 44.1 Å². The summed E-state index contributed by atoms with van der Waals surface area (Å²) >= 11 is 5.89. The van der Waals surface area contributed by atoms with E-state index in [0.717, 1.165) is 56.5 Å². The number of nitrogens with zero attached hydrogens (tertiary/aromatic N) is 5. The zero-order valence-electron chi connectivity index (χ0n) is 20.2. The molecule has 1 saturated heterocycles. The predicted molar refractivity (Wildman–Crippen MR) is 139 cm³/mol. The lowest BCUT2D eigenvalue weighted by molar-refractivity contribution is 0.111. The Kier molecular flexibility index (Phi) is 7.13. The van der Waals surface area contributed by atoms with Gasteiger partial charge in [-0.05, 0) is 38.1 Å². The van der Waals surface area contributed by atoms with Crippen LogP contribution in [0.1, 0.15) is 13.8 Å². The number of H-pyrrole nitrogens is 1. The molecule has 4 heterocycles. The van der Waals surface area contributed by atoms with Crippen LogP contribution in [-0.4, -0.2) is 75.3 Å². The number of pyridine rings is 2. The number of anilines is 1. The number of fused-ring (bicyclic) bond motifs is 1. The van der Waals surface area contributed by atoms with Gasteiger partial charge in [0.2, 0.25) is 0 Å². The number of hydrogen-bond donors (Lipinski definition) is 2. The highest BCUT2D eigenvalue weighted by molar-refractivity contribution is 6.31. The average Bonchev–Trinajstić information content (AvgIpc) is 3.36. The molecule has 36 heavy (non-hydrogen) atoms. The van der Waals surface area contributed by atoms with Gasteiger partial charge < -0.3 is 5.32 Å². The zero-order chi connectivity index (χ0) is 25.2. The third-order valence-electron chi connectivity index (χ3n) is 6.61. The van der Waals surface area contributed by atoms with E-state index in [9.17, 15) is 8.78 Å². The molecule has 0 aliphatic carbocycles. The molecule has 0 bridgehead atoms. The fourth-order valence-electron chi connectivity index (χ4n) is 4.51. The van der Waals surface area contributed by atoms with Crippen LogP contribution in [0.4, 0.5) is 14.5 Å². The Balaban J connectivity index is 1.31. The van der Waals surface area contributed by atoms with Crippen molar-refractivity contribution in [2.75, 3.05) is 44.6 Å². The SMILES string of the molecule is CC(C)N1CCN(CCNc2cnc3ccc(-c4c[nH]nc4-c4cc(Cl)c(F)cc4F)nc3c2)CC1. The Morgan fingerprint density at radius 3 is 2.61 bits per heavy atom. The summed E-state index contributed by atoms with van der Waals surface area (Å²) in [6.45, 7) is 10.6. The zero-order valence-corrected chi connectivity index (χ0v) is 21.0. The van der Waals surface area contributed by atoms with Gasteiger partial charge in [-0.25, -0.2) is 13.8 Å². The quantitative estimate of drug-likeness (QED) is 0.338. The fourth-order valence-corrected chi connectivity index (χ4v) is 4.67. The number of aromatic amines is 1. The molecule has 7 nitrogen and oxygen atoms in total. The van der Waals surface area contributed by atoms with E-state index in [1.165, 1.54) is 6.07 Å². The molecule has 4 aromatic rings. The number of hydrogen-bond acceptors (Lipinski definition) is 6. The van der Waals surface area contributed by atoms with Gasteiger partial charge >= 0.3 is 0 Å². The average molecular weight is 512 g/mol. The summed E-state index contributed by atoms with van der Waals surface area (Å²) in [5, 5.41) is 10.2. The molecule has 1 aromatic carbocycles. The van der Waals surface area contributed by atoms with Gasteiger partial charge in [0.25, 0.3) is 0 Å². The van der Waals surface area contributed by atoms with Crippen molar-refractivity contribution < 1.29 is 8.78 Å². The van der Waals surface area contributed by atoms with Gasteiger partial charge in [-0.3, -0.25) is 19.9 Å². The van der Waals surface area contributed by atoms with E-state index in [4.69, 9.17) is 16.6 Å². The standard InChI is InChI=1S/C26H28ClF2N7/c1-16(2)36-9-7-35(8-10-36)6-5-30-17-11-25-24(31-14-17)4-3-23(33-25)19-15-32-34-26(19)18-12-20(27)22(29)13-21(18)28/h3-4,11-16,30H,5-10H2,1-2H3,(H,32,34). The number of benzene rings is 1. The van der Waals surface area contributed by atoms with Crippen LogP contribution in [-0.2, 0) is 0 Å². The summed E-state index contributed by atoms with van der Waals surface area (Å²) in [7, 11) is 0. The molecule has 1 aliphatic heterocycles. The molecule has 0 unspecified atom stereocenters. The number of aromatic nitrogens is 4. The summed E-state index contributed by atoms with van der Waals surface area (Å²) in [5.74, 6) is -1.56. The smallest absolute Gasteiger partial charge is 0.144 e. The molecule has 1 aliphatic rings. The number of halogens is 3. The number of rotatable bonds is 7. The number of nitrogens with one attached hydrogen (secondary N) is 2.